The number of allylic oxidation sites excluding steroid dienone is 1. The van der Waals surface area contributed by atoms with E-state index < -0.39 is 0 Å². The predicted molar refractivity (Wildman–Crippen MR) is 145 cm³/mol. The number of aliphatic hydroxyl groups is 1. The molecule has 5 rings (SSSR count). The van der Waals surface area contributed by atoms with E-state index in [-0.39, 0.29) is 18.6 Å². The predicted octanol–water partition coefficient (Wildman–Crippen LogP) is 4.15. The number of hydrogen-bond acceptors (Lipinski definition) is 8. The van der Waals surface area contributed by atoms with Gasteiger partial charge in [0, 0.05) is 53.5 Å². The monoisotopic (exact) mass is 496 g/mol. The Hall–Kier alpha value is -4.34. The number of benzene rings is 2. The first kappa shape index (κ1) is 24.4. The molecule has 2 aromatic heterocycles. The maximum Gasteiger partial charge on any atom is 0.248 e. The summed E-state index contributed by atoms with van der Waals surface area (Å²) in [5, 5.41) is 16.4. The summed E-state index contributed by atoms with van der Waals surface area (Å²) in [6, 6.07) is 17.5. The second kappa shape index (κ2) is 11.2. The van der Waals surface area contributed by atoms with Crippen LogP contribution in [0.3, 0.4) is 0 Å². The van der Waals surface area contributed by atoms with E-state index in [2.05, 4.69) is 25.5 Å². The molecule has 9 nitrogen and oxygen atoms in total. The van der Waals surface area contributed by atoms with Gasteiger partial charge in [-0.05, 0) is 49.4 Å². The molecular weight excluding hydrogens is 468 g/mol. The minimum Gasteiger partial charge on any atom is -0.394 e. The number of anilines is 4. The number of hydrogen-bond donors (Lipinski definition) is 3. The zero-order valence-corrected chi connectivity index (χ0v) is 20.5. The Labute approximate surface area is 214 Å². The number of aliphatic hydroxyl groups excluding tert-OH is 1. The molecule has 1 fully saturated rings. The van der Waals surface area contributed by atoms with Crippen LogP contribution in [0.2, 0.25) is 0 Å². The molecule has 1 amide bonds. The fourth-order valence-corrected chi connectivity index (χ4v) is 4.26. The molecule has 1 aliphatic heterocycles. The fourth-order valence-electron chi connectivity index (χ4n) is 4.26. The molecule has 0 aliphatic carbocycles. The zero-order valence-electron chi connectivity index (χ0n) is 20.5. The first-order valence-corrected chi connectivity index (χ1v) is 12.1. The molecule has 2 aromatic carbocycles. The topological polar surface area (TPSA) is 112 Å². The van der Waals surface area contributed by atoms with Gasteiger partial charge in [-0.15, -0.1) is 0 Å². The van der Waals surface area contributed by atoms with Crippen LogP contribution in [0.15, 0.2) is 79.1 Å². The van der Waals surface area contributed by atoms with Crippen molar-refractivity contribution in [3.05, 3.63) is 79.1 Å². The molecule has 3 N–H and O–H groups in total. The van der Waals surface area contributed by atoms with E-state index in [1.807, 2.05) is 48.5 Å². The average Bonchev–Trinajstić information content (AvgIpc) is 2.93. The first-order valence-electron chi connectivity index (χ1n) is 12.1. The number of ether oxygens (including phenoxy) is 1. The maximum atomic E-state index is 12.0. The van der Waals surface area contributed by atoms with E-state index in [1.165, 1.54) is 6.08 Å². The molecule has 0 radical (unpaired) electrons. The Morgan fingerprint density at radius 3 is 2.84 bits per heavy atom. The third-order valence-electron chi connectivity index (χ3n) is 6.06. The van der Waals surface area contributed by atoms with E-state index in [9.17, 15) is 9.90 Å². The largest absolute Gasteiger partial charge is 0.394 e. The molecule has 1 aliphatic rings. The number of carbonyl (C=O) groups is 1. The SMILES string of the molecule is CC=CC(=O)Nc1ccnc(-c2cccc3cnc(Nc4ccc(N5CCOC(CO)C5)cc4)nc23)c1. The van der Waals surface area contributed by atoms with Crippen LogP contribution >= 0.6 is 0 Å². The van der Waals surface area contributed by atoms with Crippen LogP contribution in [0, 0.1) is 0 Å². The number of carbonyl (C=O) groups excluding carboxylic acids is 1. The average molecular weight is 497 g/mol. The highest BCUT2D eigenvalue weighted by Gasteiger charge is 2.20. The van der Waals surface area contributed by atoms with Gasteiger partial charge in [-0.2, -0.15) is 0 Å². The summed E-state index contributed by atoms with van der Waals surface area (Å²) in [4.78, 5) is 28.0. The number of aromatic nitrogens is 3. The second-order valence-corrected chi connectivity index (χ2v) is 8.65. The van der Waals surface area contributed by atoms with Crippen molar-refractivity contribution in [2.24, 2.45) is 0 Å². The maximum absolute atomic E-state index is 12.0. The fraction of sp³-hybridized carbons (Fsp3) is 0.214. The number of pyridine rings is 1. The lowest BCUT2D eigenvalue weighted by Gasteiger charge is -2.33. The Bertz CT molecular complexity index is 1420. The van der Waals surface area contributed by atoms with Gasteiger partial charge in [-0.3, -0.25) is 9.78 Å². The molecule has 1 unspecified atom stereocenters. The highest BCUT2D eigenvalue weighted by atomic mass is 16.5. The summed E-state index contributed by atoms with van der Waals surface area (Å²) < 4.78 is 5.55. The standard InChI is InChI=1S/C28H28N6O3/c1-2-4-26(36)31-21-11-12-29-25(15-21)24-6-3-5-19-16-30-28(33-27(19)24)32-20-7-9-22(10-8-20)34-13-14-37-23(17-34)18-35/h2-12,15-16,23,35H,13-14,17-18H2,1H3,(H,29,31,36)(H,30,32,33). The van der Waals surface area contributed by atoms with Crippen molar-refractivity contribution in [3.63, 3.8) is 0 Å². The molecular formula is C28H28N6O3. The number of rotatable bonds is 7. The second-order valence-electron chi connectivity index (χ2n) is 8.65. The summed E-state index contributed by atoms with van der Waals surface area (Å²) in [5.41, 5.74) is 4.88. The van der Waals surface area contributed by atoms with E-state index in [4.69, 9.17) is 9.72 Å². The van der Waals surface area contributed by atoms with Crippen molar-refractivity contribution in [2.75, 3.05) is 41.8 Å². The lowest BCUT2D eigenvalue weighted by atomic mass is 10.1. The van der Waals surface area contributed by atoms with Crippen LogP contribution in [-0.2, 0) is 9.53 Å². The molecule has 0 spiro atoms. The van der Waals surface area contributed by atoms with E-state index in [1.54, 1.807) is 31.5 Å². The highest BCUT2D eigenvalue weighted by molar-refractivity contribution is 6.00. The Balaban J connectivity index is 1.37. The van der Waals surface area contributed by atoms with Gasteiger partial charge in [0.2, 0.25) is 11.9 Å². The van der Waals surface area contributed by atoms with Gasteiger partial charge in [0.05, 0.1) is 30.5 Å². The van der Waals surface area contributed by atoms with Crippen LogP contribution in [0.5, 0.6) is 0 Å². The van der Waals surface area contributed by atoms with Crippen LogP contribution in [0.25, 0.3) is 22.2 Å². The van der Waals surface area contributed by atoms with E-state index in [0.29, 0.717) is 30.5 Å². The number of amides is 1. The molecule has 4 aromatic rings. The molecule has 9 heteroatoms. The van der Waals surface area contributed by atoms with Crippen molar-refractivity contribution < 1.29 is 14.6 Å². The Morgan fingerprint density at radius 1 is 1.16 bits per heavy atom. The Kier molecular flexibility index (Phi) is 7.34. The van der Waals surface area contributed by atoms with Gasteiger partial charge < -0.3 is 25.4 Å². The summed E-state index contributed by atoms with van der Waals surface area (Å²) in [7, 11) is 0. The molecule has 3 heterocycles. The minimum atomic E-state index is -0.195. The summed E-state index contributed by atoms with van der Waals surface area (Å²) >= 11 is 0. The van der Waals surface area contributed by atoms with Crippen molar-refractivity contribution >= 4 is 39.8 Å². The molecule has 1 saturated heterocycles. The molecule has 188 valence electrons. The van der Waals surface area contributed by atoms with Crippen LogP contribution in [-0.4, -0.2) is 58.4 Å². The van der Waals surface area contributed by atoms with Gasteiger partial charge in [-0.25, -0.2) is 9.97 Å². The van der Waals surface area contributed by atoms with Crippen molar-refractivity contribution in [1.29, 1.82) is 0 Å². The van der Waals surface area contributed by atoms with Crippen LogP contribution in [0.4, 0.5) is 23.0 Å². The van der Waals surface area contributed by atoms with E-state index >= 15 is 0 Å². The van der Waals surface area contributed by atoms with Gasteiger partial charge in [0.15, 0.2) is 0 Å². The molecule has 37 heavy (non-hydrogen) atoms. The quantitative estimate of drug-likeness (QED) is 0.327. The number of para-hydroxylation sites is 1. The van der Waals surface area contributed by atoms with Gasteiger partial charge in [-0.1, -0.05) is 24.3 Å². The smallest absolute Gasteiger partial charge is 0.248 e. The van der Waals surface area contributed by atoms with Crippen molar-refractivity contribution in [1.82, 2.24) is 15.0 Å². The normalized spacial score (nSPS) is 15.7. The van der Waals surface area contributed by atoms with Crippen molar-refractivity contribution in [2.45, 2.75) is 13.0 Å². The minimum absolute atomic E-state index is 0.0160. The third kappa shape index (κ3) is 5.74. The summed E-state index contributed by atoms with van der Waals surface area (Å²) in [5.74, 6) is 0.274. The van der Waals surface area contributed by atoms with Crippen LogP contribution in [0.1, 0.15) is 6.92 Å². The highest BCUT2D eigenvalue weighted by Crippen LogP contribution is 2.29. The number of nitrogens with one attached hydrogen (secondary N) is 2. The van der Waals surface area contributed by atoms with Crippen LogP contribution < -0.4 is 15.5 Å². The summed E-state index contributed by atoms with van der Waals surface area (Å²) in [6.45, 7) is 3.85. The lowest BCUT2D eigenvalue weighted by Crippen LogP contribution is -2.44. The van der Waals surface area contributed by atoms with Gasteiger partial charge in [0.1, 0.15) is 0 Å². The number of morpholine rings is 1. The third-order valence-corrected chi connectivity index (χ3v) is 6.06. The zero-order chi connectivity index (χ0) is 25.6. The summed E-state index contributed by atoms with van der Waals surface area (Å²) in [6.07, 6.45) is 6.45. The Morgan fingerprint density at radius 2 is 2.03 bits per heavy atom. The van der Waals surface area contributed by atoms with Gasteiger partial charge >= 0.3 is 0 Å². The number of nitrogens with zero attached hydrogens (tertiary/aromatic N) is 4. The first-order chi connectivity index (χ1) is 18.1. The molecule has 0 saturated carbocycles. The van der Waals surface area contributed by atoms with E-state index in [0.717, 1.165) is 34.4 Å². The number of fused-ring (bicyclic) bond motifs is 1. The van der Waals surface area contributed by atoms with Crippen molar-refractivity contribution in [3.8, 4) is 11.3 Å². The van der Waals surface area contributed by atoms with Gasteiger partial charge in [0.25, 0.3) is 0 Å². The lowest BCUT2D eigenvalue weighted by molar-refractivity contribution is -0.111. The molecule has 1 atom stereocenters. The molecule has 0 bridgehead atoms.